The van der Waals surface area contributed by atoms with Crippen molar-refractivity contribution in [3.63, 3.8) is 0 Å². The topological polar surface area (TPSA) is 116 Å². The Balaban J connectivity index is 2.75. The van der Waals surface area contributed by atoms with E-state index in [1.807, 2.05) is 0 Å². The van der Waals surface area contributed by atoms with Gasteiger partial charge in [-0.05, 0) is 13.0 Å². The van der Waals surface area contributed by atoms with Crippen molar-refractivity contribution in [1.82, 2.24) is 5.32 Å². The van der Waals surface area contributed by atoms with Crippen LogP contribution in [-0.4, -0.2) is 39.9 Å². The van der Waals surface area contributed by atoms with Crippen molar-refractivity contribution in [2.75, 3.05) is 6.61 Å². The van der Waals surface area contributed by atoms with Crippen LogP contribution in [0.4, 0.5) is 0 Å². The number of carboxylic acids is 2. The van der Waals surface area contributed by atoms with Crippen LogP contribution in [0.5, 0.6) is 11.5 Å². The fourth-order valence-electron chi connectivity index (χ4n) is 1.64. The van der Waals surface area contributed by atoms with Crippen molar-refractivity contribution in [2.24, 2.45) is 0 Å². The quantitative estimate of drug-likeness (QED) is 0.557. The number of hydrogen-bond acceptors (Lipinski definition) is 5. The summed E-state index contributed by atoms with van der Waals surface area (Å²) in [7, 11) is 0. The van der Waals surface area contributed by atoms with Crippen LogP contribution in [0.15, 0.2) is 18.2 Å². The molecule has 0 aliphatic heterocycles. The summed E-state index contributed by atoms with van der Waals surface area (Å²) < 4.78 is 5.21. The fourth-order valence-corrected chi connectivity index (χ4v) is 1.64. The highest BCUT2D eigenvalue weighted by molar-refractivity contribution is 5.80. The van der Waals surface area contributed by atoms with Gasteiger partial charge < -0.3 is 20.1 Å². The molecule has 0 spiro atoms. The van der Waals surface area contributed by atoms with Crippen LogP contribution in [0.3, 0.4) is 0 Å². The van der Waals surface area contributed by atoms with Crippen LogP contribution in [0.2, 0.25) is 0 Å². The zero-order valence-electron chi connectivity index (χ0n) is 11.0. The molecule has 1 rings (SSSR count). The van der Waals surface area contributed by atoms with E-state index in [0.29, 0.717) is 17.9 Å². The van der Waals surface area contributed by atoms with Gasteiger partial charge in [0.05, 0.1) is 13.0 Å². The molecule has 1 unspecified atom stereocenters. The number of hydrogen-bond donors (Lipinski definition) is 4. The average molecular weight is 283 g/mol. The third-order valence-electron chi connectivity index (χ3n) is 2.60. The van der Waals surface area contributed by atoms with E-state index < -0.39 is 24.4 Å². The SMILES string of the molecule is CCOc1cccc(CNC(CC(=O)O)C(=O)O)c1O. The van der Waals surface area contributed by atoms with E-state index in [4.69, 9.17) is 14.9 Å². The standard InChI is InChI=1S/C13H17NO6/c1-2-20-10-5-3-4-8(12(10)17)7-14-9(13(18)19)6-11(15)16/h3-5,9,14,17H,2,6-7H2,1H3,(H,15,16)(H,18,19). The van der Waals surface area contributed by atoms with Crippen LogP contribution in [-0.2, 0) is 16.1 Å². The lowest BCUT2D eigenvalue weighted by Gasteiger charge is -2.14. The Morgan fingerprint density at radius 2 is 2.05 bits per heavy atom. The van der Waals surface area contributed by atoms with Crippen molar-refractivity contribution in [3.05, 3.63) is 23.8 Å². The van der Waals surface area contributed by atoms with Crippen molar-refractivity contribution >= 4 is 11.9 Å². The van der Waals surface area contributed by atoms with Crippen molar-refractivity contribution < 1.29 is 29.6 Å². The third kappa shape index (κ3) is 4.43. The Kier molecular flexibility index (Phi) is 5.79. The highest BCUT2D eigenvalue weighted by Crippen LogP contribution is 2.29. The summed E-state index contributed by atoms with van der Waals surface area (Å²) in [6.45, 7) is 2.19. The van der Waals surface area contributed by atoms with Gasteiger partial charge in [-0.15, -0.1) is 0 Å². The first-order chi connectivity index (χ1) is 9.45. The Morgan fingerprint density at radius 3 is 2.60 bits per heavy atom. The summed E-state index contributed by atoms with van der Waals surface area (Å²) in [5, 5.41) is 30.0. The minimum absolute atomic E-state index is 0.0248. The first-order valence-electron chi connectivity index (χ1n) is 6.07. The van der Waals surface area contributed by atoms with E-state index in [9.17, 15) is 14.7 Å². The number of phenolic OH excluding ortho intramolecular Hbond substituents is 1. The van der Waals surface area contributed by atoms with Gasteiger partial charge in [-0.2, -0.15) is 0 Å². The third-order valence-corrected chi connectivity index (χ3v) is 2.60. The molecule has 7 heteroatoms. The molecule has 0 saturated carbocycles. The molecule has 0 bridgehead atoms. The van der Waals surface area contributed by atoms with Gasteiger partial charge in [0.2, 0.25) is 0 Å². The molecular weight excluding hydrogens is 266 g/mol. The Hall–Kier alpha value is -2.28. The smallest absolute Gasteiger partial charge is 0.321 e. The molecule has 0 fully saturated rings. The maximum atomic E-state index is 10.9. The zero-order valence-corrected chi connectivity index (χ0v) is 11.0. The summed E-state index contributed by atoms with van der Waals surface area (Å²) >= 11 is 0. The van der Waals surface area contributed by atoms with E-state index in [2.05, 4.69) is 5.32 Å². The van der Waals surface area contributed by atoms with Gasteiger partial charge in [0, 0.05) is 12.1 Å². The molecule has 1 aromatic carbocycles. The molecule has 0 aliphatic rings. The molecule has 1 aromatic rings. The monoisotopic (exact) mass is 283 g/mol. The molecule has 0 heterocycles. The minimum Gasteiger partial charge on any atom is -0.504 e. The average Bonchev–Trinajstić information content (AvgIpc) is 2.37. The lowest BCUT2D eigenvalue weighted by molar-refractivity contribution is -0.146. The number of carbonyl (C=O) groups is 2. The van der Waals surface area contributed by atoms with Gasteiger partial charge in [0.1, 0.15) is 6.04 Å². The number of aromatic hydroxyl groups is 1. The number of benzene rings is 1. The summed E-state index contributed by atoms with van der Waals surface area (Å²) in [6.07, 6.45) is -0.540. The van der Waals surface area contributed by atoms with Gasteiger partial charge in [0.15, 0.2) is 11.5 Å². The lowest BCUT2D eigenvalue weighted by atomic mass is 10.1. The summed E-state index contributed by atoms with van der Waals surface area (Å²) in [6, 6.07) is 3.63. The van der Waals surface area contributed by atoms with Crippen molar-refractivity contribution in [1.29, 1.82) is 0 Å². The number of para-hydroxylation sites is 1. The Bertz CT molecular complexity index is 488. The molecule has 0 saturated heterocycles. The van der Waals surface area contributed by atoms with E-state index in [0.717, 1.165) is 0 Å². The molecule has 0 amide bonds. The number of carboxylic acid groups (broad SMARTS) is 2. The van der Waals surface area contributed by atoms with Crippen molar-refractivity contribution in [2.45, 2.75) is 25.9 Å². The normalized spacial score (nSPS) is 11.8. The maximum Gasteiger partial charge on any atom is 0.321 e. The molecule has 7 nitrogen and oxygen atoms in total. The number of phenols is 1. The second kappa shape index (κ2) is 7.34. The molecule has 0 aromatic heterocycles. The second-order valence-corrected chi connectivity index (χ2v) is 4.07. The van der Waals surface area contributed by atoms with Crippen LogP contribution in [0.25, 0.3) is 0 Å². The molecule has 1 atom stereocenters. The van der Waals surface area contributed by atoms with E-state index in [-0.39, 0.29) is 12.3 Å². The zero-order chi connectivity index (χ0) is 15.1. The van der Waals surface area contributed by atoms with Gasteiger partial charge in [0.25, 0.3) is 0 Å². The Morgan fingerprint density at radius 1 is 1.35 bits per heavy atom. The number of aliphatic carboxylic acids is 2. The largest absolute Gasteiger partial charge is 0.504 e. The fraction of sp³-hybridized carbons (Fsp3) is 0.385. The Labute approximate surface area is 115 Å². The van der Waals surface area contributed by atoms with Crippen LogP contribution < -0.4 is 10.1 Å². The summed E-state index contributed by atoms with van der Waals surface area (Å²) in [5.74, 6) is -2.25. The second-order valence-electron chi connectivity index (χ2n) is 4.07. The van der Waals surface area contributed by atoms with Gasteiger partial charge >= 0.3 is 11.9 Å². The molecule has 0 radical (unpaired) electrons. The molecule has 20 heavy (non-hydrogen) atoms. The predicted molar refractivity (Wildman–Crippen MR) is 69.8 cm³/mol. The predicted octanol–water partition coefficient (Wildman–Crippen LogP) is 0.808. The highest BCUT2D eigenvalue weighted by Gasteiger charge is 2.21. The summed E-state index contributed by atoms with van der Waals surface area (Å²) in [4.78, 5) is 21.5. The minimum atomic E-state index is -1.26. The lowest BCUT2D eigenvalue weighted by Crippen LogP contribution is -2.38. The maximum absolute atomic E-state index is 10.9. The van der Waals surface area contributed by atoms with Gasteiger partial charge in [-0.25, -0.2) is 0 Å². The number of rotatable bonds is 8. The first-order valence-corrected chi connectivity index (χ1v) is 6.07. The van der Waals surface area contributed by atoms with Gasteiger partial charge in [-0.3, -0.25) is 14.9 Å². The number of ether oxygens (including phenoxy) is 1. The van der Waals surface area contributed by atoms with Crippen molar-refractivity contribution in [3.8, 4) is 11.5 Å². The van der Waals surface area contributed by atoms with E-state index in [1.54, 1.807) is 25.1 Å². The van der Waals surface area contributed by atoms with Gasteiger partial charge in [-0.1, -0.05) is 12.1 Å². The molecular formula is C13H17NO6. The van der Waals surface area contributed by atoms with Crippen LogP contribution in [0.1, 0.15) is 18.9 Å². The molecule has 4 N–H and O–H groups in total. The molecule has 0 aliphatic carbocycles. The first kappa shape index (κ1) is 15.8. The summed E-state index contributed by atoms with van der Waals surface area (Å²) in [5.41, 5.74) is 0.438. The highest BCUT2D eigenvalue weighted by atomic mass is 16.5. The van der Waals surface area contributed by atoms with Crippen LogP contribution in [0, 0.1) is 0 Å². The van der Waals surface area contributed by atoms with E-state index in [1.165, 1.54) is 0 Å². The number of nitrogens with one attached hydrogen (secondary N) is 1. The van der Waals surface area contributed by atoms with E-state index >= 15 is 0 Å². The van der Waals surface area contributed by atoms with Crippen LogP contribution >= 0.6 is 0 Å². The molecule has 110 valence electrons.